The normalized spacial score (nSPS) is 17.9. The number of morpholine rings is 1. The SMILES string of the molecule is COc1cc(OC)cc(N(CC2CC2)c2ccc3ncc(C4=CN(CCCN5CCOCC5)NC4)nc3c2)c1. The molecule has 206 valence electrons. The molecule has 1 aromatic heterocycles. The highest BCUT2D eigenvalue weighted by Gasteiger charge is 2.26. The number of hydrogen-bond acceptors (Lipinski definition) is 9. The van der Waals surface area contributed by atoms with Crippen LogP contribution in [0, 0.1) is 5.92 Å². The summed E-state index contributed by atoms with van der Waals surface area (Å²) in [7, 11) is 3.38. The molecule has 0 unspecified atom stereocenters. The molecule has 39 heavy (non-hydrogen) atoms. The Morgan fingerprint density at radius 1 is 0.974 bits per heavy atom. The van der Waals surface area contributed by atoms with Crippen molar-refractivity contribution in [3.63, 3.8) is 0 Å². The van der Waals surface area contributed by atoms with Crippen LogP contribution in [0.25, 0.3) is 16.6 Å². The van der Waals surface area contributed by atoms with E-state index in [2.05, 4.69) is 56.8 Å². The highest BCUT2D eigenvalue weighted by molar-refractivity contribution is 5.82. The average molecular weight is 531 g/mol. The van der Waals surface area contributed by atoms with Crippen molar-refractivity contribution in [3.05, 3.63) is 54.5 Å². The summed E-state index contributed by atoms with van der Waals surface area (Å²) in [4.78, 5) is 14.6. The second-order valence-corrected chi connectivity index (χ2v) is 10.5. The zero-order chi connectivity index (χ0) is 26.6. The first-order chi connectivity index (χ1) is 19.2. The van der Waals surface area contributed by atoms with Gasteiger partial charge >= 0.3 is 0 Å². The van der Waals surface area contributed by atoms with E-state index >= 15 is 0 Å². The lowest BCUT2D eigenvalue weighted by Gasteiger charge is -2.27. The number of anilines is 2. The van der Waals surface area contributed by atoms with Gasteiger partial charge in [0.05, 0.1) is 50.4 Å². The molecule has 0 bridgehead atoms. The Morgan fingerprint density at radius 2 is 1.77 bits per heavy atom. The number of nitrogens with zero attached hydrogens (tertiary/aromatic N) is 5. The molecule has 9 heteroatoms. The van der Waals surface area contributed by atoms with Crippen molar-refractivity contribution in [2.75, 3.05) is 71.6 Å². The Morgan fingerprint density at radius 3 is 2.51 bits per heavy atom. The predicted molar refractivity (Wildman–Crippen MR) is 153 cm³/mol. The molecule has 6 rings (SSSR count). The van der Waals surface area contributed by atoms with Gasteiger partial charge in [-0.15, -0.1) is 0 Å². The van der Waals surface area contributed by atoms with Crippen molar-refractivity contribution < 1.29 is 14.2 Å². The van der Waals surface area contributed by atoms with Crippen LogP contribution in [-0.2, 0) is 4.74 Å². The summed E-state index contributed by atoms with van der Waals surface area (Å²) in [6.07, 6.45) is 7.70. The third-order valence-electron chi connectivity index (χ3n) is 7.71. The highest BCUT2D eigenvalue weighted by atomic mass is 16.5. The summed E-state index contributed by atoms with van der Waals surface area (Å²) in [6.45, 7) is 7.53. The molecule has 2 aliphatic heterocycles. The monoisotopic (exact) mass is 530 g/mol. The molecule has 2 aromatic carbocycles. The van der Waals surface area contributed by atoms with Crippen molar-refractivity contribution >= 4 is 28.0 Å². The number of nitrogens with one attached hydrogen (secondary N) is 1. The maximum Gasteiger partial charge on any atom is 0.124 e. The van der Waals surface area contributed by atoms with E-state index in [0.717, 1.165) is 104 Å². The van der Waals surface area contributed by atoms with Gasteiger partial charge in [0.2, 0.25) is 0 Å². The van der Waals surface area contributed by atoms with Crippen LogP contribution in [-0.4, -0.2) is 86.6 Å². The molecule has 3 aromatic rings. The quantitative estimate of drug-likeness (QED) is 0.395. The lowest BCUT2D eigenvalue weighted by molar-refractivity contribution is 0.0363. The van der Waals surface area contributed by atoms with E-state index in [9.17, 15) is 0 Å². The molecule has 3 heterocycles. The first kappa shape index (κ1) is 25.9. The largest absolute Gasteiger partial charge is 0.497 e. The molecule has 0 radical (unpaired) electrons. The van der Waals surface area contributed by atoms with Crippen LogP contribution >= 0.6 is 0 Å². The fourth-order valence-corrected chi connectivity index (χ4v) is 5.25. The van der Waals surface area contributed by atoms with Gasteiger partial charge in [0.25, 0.3) is 0 Å². The Hall–Kier alpha value is -3.40. The first-order valence-corrected chi connectivity index (χ1v) is 14.0. The van der Waals surface area contributed by atoms with Gasteiger partial charge in [-0.25, -0.2) is 10.4 Å². The molecular weight excluding hydrogens is 492 g/mol. The van der Waals surface area contributed by atoms with Crippen LogP contribution in [0.2, 0.25) is 0 Å². The zero-order valence-electron chi connectivity index (χ0n) is 22.9. The molecule has 0 atom stereocenters. The summed E-state index contributed by atoms with van der Waals surface area (Å²) in [5, 5.41) is 2.19. The highest BCUT2D eigenvalue weighted by Crippen LogP contribution is 2.38. The van der Waals surface area contributed by atoms with Crippen LogP contribution in [0.4, 0.5) is 11.4 Å². The van der Waals surface area contributed by atoms with Crippen molar-refractivity contribution in [1.82, 2.24) is 25.3 Å². The van der Waals surface area contributed by atoms with E-state index in [1.54, 1.807) is 14.2 Å². The van der Waals surface area contributed by atoms with Gasteiger partial charge in [-0.05, 0) is 43.4 Å². The molecule has 1 saturated carbocycles. The van der Waals surface area contributed by atoms with E-state index in [0.29, 0.717) is 5.92 Å². The van der Waals surface area contributed by atoms with Gasteiger partial charge < -0.3 is 24.1 Å². The molecule has 0 spiro atoms. The van der Waals surface area contributed by atoms with Gasteiger partial charge in [0.15, 0.2) is 0 Å². The number of ether oxygens (including phenoxy) is 3. The Bertz CT molecular complexity index is 1300. The number of methoxy groups -OCH3 is 2. The number of benzene rings is 2. The van der Waals surface area contributed by atoms with Crippen LogP contribution in [0.3, 0.4) is 0 Å². The van der Waals surface area contributed by atoms with Gasteiger partial charge in [0.1, 0.15) is 11.5 Å². The van der Waals surface area contributed by atoms with Crippen molar-refractivity contribution in [2.24, 2.45) is 5.92 Å². The Balaban J connectivity index is 1.21. The van der Waals surface area contributed by atoms with E-state index in [1.165, 1.54) is 12.8 Å². The second kappa shape index (κ2) is 11.8. The van der Waals surface area contributed by atoms with Crippen molar-refractivity contribution in [1.29, 1.82) is 0 Å². The van der Waals surface area contributed by atoms with Crippen LogP contribution in [0.5, 0.6) is 11.5 Å². The summed E-state index contributed by atoms with van der Waals surface area (Å²) in [6, 6.07) is 12.4. The van der Waals surface area contributed by atoms with Gasteiger partial charge in [-0.3, -0.25) is 9.88 Å². The minimum Gasteiger partial charge on any atom is -0.497 e. The lowest BCUT2D eigenvalue weighted by atomic mass is 10.1. The minimum absolute atomic E-state index is 0.694. The van der Waals surface area contributed by atoms with Crippen LogP contribution in [0.15, 0.2) is 48.8 Å². The van der Waals surface area contributed by atoms with Crippen molar-refractivity contribution in [2.45, 2.75) is 19.3 Å². The molecule has 0 amide bonds. The molecule has 1 aliphatic carbocycles. The Kier molecular flexibility index (Phi) is 7.81. The zero-order valence-corrected chi connectivity index (χ0v) is 22.9. The molecular formula is C30H38N6O3. The lowest BCUT2D eigenvalue weighted by Crippen LogP contribution is -2.38. The summed E-state index contributed by atoms with van der Waals surface area (Å²) >= 11 is 0. The Labute approximate surface area is 230 Å². The average Bonchev–Trinajstić information content (AvgIpc) is 3.69. The van der Waals surface area contributed by atoms with Gasteiger partial charge in [-0.2, -0.15) is 0 Å². The van der Waals surface area contributed by atoms with E-state index < -0.39 is 0 Å². The second-order valence-electron chi connectivity index (χ2n) is 10.5. The van der Waals surface area contributed by atoms with E-state index in [4.69, 9.17) is 24.2 Å². The third kappa shape index (κ3) is 6.27. The maximum absolute atomic E-state index is 5.56. The molecule has 1 N–H and O–H groups in total. The standard InChI is InChI=1S/C30H38N6O3/c1-37-26-14-25(15-27(17-26)38-2)36(20-22-4-5-22)24-6-7-28-29(16-24)33-30(19-31-28)23-18-32-35(21-23)9-3-8-34-10-12-39-13-11-34/h6-7,14-17,19,21-22,32H,3-5,8-13,18,20H2,1-2H3. The number of aromatic nitrogens is 2. The maximum atomic E-state index is 5.56. The summed E-state index contributed by atoms with van der Waals surface area (Å²) < 4.78 is 16.6. The number of fused-ring (bicyclic) bond motifs is 1. The van der Waals surface area contributed by atoms with Gasteiger partial charge in [0, 0.05) is 80.6 Å². The van der Waals surface area contributed by atoms with E-state index in [-0.39, 0.29) is 0 Å². The smallest absolute Gasteiger partial charge is 0.124 e. The molecule has 3 aliphatic rings. The molecule has 1 saturated heterocycles. The van der Waals surface area contributed by atoms with Gasteiger partial charge in [-0.1, -0.05) is 0 Å². The number of hydrogen-bond donors (Lipinski definition) is 1. The first-order valence-electron chi connectivity index (χ1n) is 14.0. The molecule has 2 fully saturated rings. The minimum atomic E-state index is 0.694. The molecule has 9 nitrogen and oxygen atoms in total. The number of hydrazine groups is 1. The fraction of sp³-hybridized carbons (Fsp3) is 0.467. The fourth-order valence-electron chi connectivity index (χ4n) is 5.25. The van der Waals surface area contributed by atoms with Crippen molar-refractivity contribution in [3.8, 4) is 11.5 Å². The predicted octanol–water partition coefficient (Wildman–Crippen LogP) is 4.08. The topological polar surface area (TPSA) is 75.2 Å². The third-order valence-corrected chi connectivity index (χ3v) is 7.71. The van der Waals surface area contributed by atoms with Crippen LogP contribution < -0.4 is 19.8 Å². The number of rotatable bonds is 11. The summed E-state index contributed by atoms with van der Waals surface area (Å²) in [5.74, 6) is 2.26. The van der Waals surface area contributed by atoms with E-state index in [1.807, 2.05) is 12.3 Å². The summed E-state index contributed by atoms with van der Waals surface area (Å²) in [5.41, 5.74) is 9.51. The van der Waals surface area contributed by atoms with Crippen LogP contribution in [0.1, 0.15) is 25.0 Å².